The number of carbonyl (C=O) groups excluding carboxylic acids is 2. The highest BCUT2D eigenvalue weighted by Crippen LogP contribution is 2.58. The molecule has 0 aromatic heterocycles. The smallest absolute Gasteiger partial charge is 0.258 e. The molecule has 11 N–H and O–H groups in total. The van der Waals surface area contributed by atoms with Crippen molar-refractivity contribution in [3.63, 3.8) is 0 Å². The number of Topliss-reactive ketones (excluding diaryl/α,β-unsaturated/α-hetero) is 1. The van der Waals surface area contributed by atoms with E-state index in [-0.39, 0.29) is 72.3 Å². The first-order chi connectivity index (χ1) is 27.9. The Morgan fingerprint density at radius 3 is 2.37 bits per heavy atom. The van der Waals surface area contributed by atoms with Crippen LogP contribution in [-0.4, -0.2) is 114 Å². The third-order valence-electron chi connectivity index (χ3n) is 13.6. The summed E-state index contributed by atoms with van der Waals surface area (Å²) in [6.07, 6.45) is 16.2. The maximum atomic E-state index is 12.8. The molecule has 330 valence electrons. The molecule has 0 spiro atoms. The van der Waals surface area contributed by atoms with Gasteiger partial charge in [0.2, 0.25) is 0 Å². The lowest BCUT2D eigenvalue weighted by atomic mass is 9.52. The molecule has 2 heterocycles. The van der Waals surface area contributed by atoms with Gasteiger partial charge in [0.25, 0.3) is 5.91 Å². The molecule has 0 aromatic rings. The first-order valence-corrected chi connectivity index (χ1v) is 21.7. The lowest BCUT2D eigenvalue weighted by Gasteiger charge is -2.53. The van der Waals surface area contributed by atoms with Crippen LogP contribution in [0.3, 0.4) is 0 Å². The van der Waals surface area contributed by atoms with Crippen molar-refractivity contribution in [1.29, 1.82) is 5.41 Å². The summed E-state index contributed by atoms with van der Waals surface area (Å²) in [5.41, 5.74) is 6.20. The summed E-state index contributed by atoms with van der Waals surface area (Å²) < 4.78 is 0. The van der Waals surface area contributed by atoms with Crippen LogP contribution in [0, 0.1) is 40.4 Å². The number of aliphatic hydroxyl groups is 7. The van der Waals surface area contributed by atoms with Crippen LogP contribution < -0.4 is 11.1 Å². The number of fused-ring (bicyclic) bond motifs is 1. The van der Waals surface area contributed by atoms with Crippen LogP contribution in [0.4, 0.5) is 0 Å². The second-order valence-electron chi connectivity index (χ2n) is 17.9. The zero-order chi connectivity index (χ0) is 43.6. The summed E-state index contributed by atoms with van der Waals surface area (Å²) in [7, 11) is 0. The van der Waals surface area contributed by atoms with Gasteiger partial charge in [0.1, 0.15) is 11.3 Å². The Bertz CT molecular complexity index is 1640. The first-order valence-electron chi connectivity index (χ1n) is 21.7. The fraction of sp³-hybridized carbons (Fsp3) is 0.674. The van der Waals surface area contributed by atoms with E-state index < -0.39 is 53.7 Å². The van der Waals surface area contributed by atoms with Crippen molar-refractivity contribution in [2.24, 2.45) is 40.7 Å². The van der Waals surface area contributed by atoms with Crippen LogP contribution >= 0.6 is 0 Å². The van der Waals surface area contributed by atoms with E-state index in [1.54, 1.807) is 36.5 Å². The van der Waals surface area contributed by atoms with Gasteiger partial charge in [0.05, 0.1) is 43.2 Å². The Kier molecular flexibility index (Phi) is 17.8. The monoisotopic (exact) mass is 825 g/mol. The number of amides is 1. The Morgan fingerprint density at radius 1 is 1.00 bits per heavy atom. The highest BCUT2D eigenvalue weighted by molar-refractivity contribution is 6.25. The molecule has 0 radical (unpaired) electrons. The van der Waals surface area contributed by atoms with Crippen molar-refractivity contribution in [2.75, 3.05) is 13.1 Å². The number of ketones is 1. The van der Waals surface area contributed by atoms with Gasteiger partial charge >= 0.3 is 0 Å². The summed E-state index contributed by atoms with van der Waals surface area (Å²) in [5, 5.41) is 86.3. The molecule has 2 aliphatic carbocycles. The molecule has 59 heavy (non-hydrogen) atoms. The molecule has 1 amide bonds. The van der Waals surface area contributed by atoms with Gasteiger partial charge in [-0.1, -0.05) is 81.4 Å². The fourth-order valence-electron chi connectivity index (χ4n) is 9.89. The molecule has 13 atom stereocenters. The van der Waals surface area contributed by atoms with Crippen LogP contribution in [0.2, 0.25) is 0 Å². The SMILES string of the molecule is CC(=CCC(O)C=CC(C)C(O)C=CCC(O)C=CCC(O)CC1CCCN1C(=N)N)C(O)C(C)CCC1C(C)=CC2C(O)CCCC2C1(C)/C(O)=C1\C(=O)CNC1=O. The summed E-state index contributed by atoms with van der Waals surface area (Å²) in [6, 6.07) is 0.0588. The third-order valence-corrected chi connectivity index (χ3v) is 13.6. The van der Waals surface area contributed by atoms with Crippen molar-refractivity contribution < 1.29 is 45.3 Å². The summed E-state index contributed by atoms with van der Waals surface area (Å²) in [4.78, 5) is 27.3. The standard InChI is InChI=1S/C46H72N4O9/c1-27(38(54)15-7-12-32(51)11-6-13-34(53)25-31-10-9-23-50(31)45(47)48)17-20-33(52)21-18-28(2)42(57)29(3)19-22-36-30(4)24-35-37(14-8-16-39(35)55)46(36,5)43(58)41-40(56)26-49-44(41)59/h6-7,11,15,17-18,20,24,27,29,31-39,42,51-55,57-58H,8-10,12-14,16,19,21-23,25-26H2,1-5H3,(H3,47,48)(H,49,59)/b11-6?,15-7?,20-17?,28-18?,43-41-. The number of hydrogen-bond acceptors (Lipinski definition) is 10. The molecule has 0 aromatic carbocycles. The second kappa shape index (κ2) is 21.8. The van der Waals surface area contributed by atoms with Crippen molar-refractivity contribution in [3.05, 3.63) is 71.1 Å². The molecule has 4 aliphatic rings. The minimum absolute atomic E-state index is 0.0315. The molecule has 13 heteroatoms. The summed E-state index contributed by atoms with van der Waals surface area (Å²) in [5.74, 6) is -2.23. The maximum absolute atomic E-state index is 12.8. The van der Waals surface area contributed by atoms with Crippen LogP contribution in [0.15, 0.2) is 71.1 Å². The maximum Gasteiger partial charge on any atom is 0.258 e. The van der Waals surface area contributed by atoms with Crippen molar-refractivity contribution in [3.8, 4) is 0 Å². The lowest BCUT2D eigenvalue weighted by Crippen LogP contribution is -2.50. The van der Waals surface area contributed by atoms with E-state index >= 15 is 0 Å². The van der Waals surface area contributed by atoms with E-state index in [2.05, 4.69) is 11.4 Å². The summed E-state index contributed by atoms with van der Waals surface area (Å²) >= 11 is 0. The molecule has 2 aliphatic heterocycles. The quantitative estimate of drug-likeness (QED) is 0.0221. The number of aliphatic hydroxyl groups excluding tert-OH is 7. The second-order valence-corrected chi connectivity index (χ2v) is 17.9. The predicted molar refractivity (Wildman–Crippen MR) is 229 cm³/mol. The number of rotatable bonds is 19. The first kappa shape index (κ1) is 48.1. The molecule has 3 fully saturated rings. The third kappa shape index (κ3) is 12.3. The molecule has 13 unspecified atom stereocenters. The molecule has 0 bridgehead atoms. The van der Waals surface area contributed by atoms with E-state index in [1.807, 2.05) is 45.6 Å². The van der Waals surface area contributed by atoms with Gasteiger partial charge < -0.3 is 51.7 Å². The molecule has 4 rings (SSSR count). The van der Waals surface area contributed by atoms with Crippen LogP contribution in [0.1, 0.15) is 105 Å². The van der Waals surface area contributed by atoms with Gasteiger partial charge in [-0.3, -0.25) is 15.0 Å². The van der Waals surface area contributed by atoms with Crippen molar-refractivity contribution in [2.45, 2.75) is 148 Å². The number of nitrogens with zero attached hydrogens (tertiary/aromatic N) is 1. The van der Waals surface area contributed by atoms with E-state index in [0.29, 0.717) is 37.7 Å². The van der Waals surface area contributed by atoms with Gasteiger partial charge in [0.15, 0.2) is 11.7 Å². The van der Waals surface area contributed by atoms with E-state index in [1.165, 1.54) is 0 Å². The number of allylic oxidation sites excluding steroid dienone is 2. The average Bonchev–Trinajstić information content (AvgIpc) is 3.80. The normalized spacial score (nSPS) is 31.2. The minimum Gasteiger partial charge on any atom is -0.511 e. The predicted octanol–water partition coefficient (Wildman–Crippen LogP) is 4.25. The molecule has 13 nitrogen and oxygen atoms in total. The molecular formula is C46H72N4O9. The molecule has 2 saturated heterocycles. The number of likely N-dealkylation sites (tertiary alicyclic amines) is 1. The van der Waals surface area contributed by atoms with Crippen molar-refractivity contribution in [1.82, 2.24) is 10.2 Å². The van der Waals surface area contributed by atoms with Crippen LogP contribution in [-0.2, 0) is 9.59 Å². The Labute approximate surface area is 350 Å². The Hall–Kier alpha value is -3.59. The number of nitrogens with two attached hydrogens (primary N) is 1. The number of hydrogen-bond donors (Lipinski definition) is 10. The van der Waals surface area contributed by atoms with Gasteiger partial charge in [0, 0.05) is 29.8 Å². The Morgan fingerprint density at radius 2 is 1.69 bits per heavy atom. The number of guanidine groups is 1. The number of carbonyl (C=O) groups is 2. The zero-order valence-corrected chi connectivity index (χ0v) is 35.7. The van der Waals surface area contributed by atoms with E-state index in [0.717, 1.165) is 37.8 Å². The van der Waals surface area contributed by atoms with Crippen LogP contribution in [0.25, 0.3) is 0 Å². The van der Waals surface area contributed by atoms with Gasteiger partial charge in [-0.15, -0.1) is 0 Å². The molecular weight excluding hydrogens is 753 g/mol. The van der Waals surface area contributed by atoms with Crippen molar-refractivity contribution >= 4 is 17.6 Å². The highest BCUT2D eigenvalue weighted by Gasteiger charge is 2.55. The highest BCUT2D eigenvalue weighted by atomic mass is 16.3. The molecule has 1 saturated carbocycles. The average molecular weight is 825 g/mol. The van der Waals surface area contributed by atoms with E-state index in [4.69, 9.17) is 11.1 Å². The topological polar surface area (TPSA) is 241 Å². The van der Waals surface area contributed by atoms with E-state index in [9.17, 15) is 45.3 Å². The zero-order valence-electron chi connectivity index (χ0n) is 35.7. The largest absolute Gasteiger partial charge is 0.511 e. The van der Waals surface area contributed by atoms with Gasteiger partial charge in [-0.05, 0) is 101 Å². The fourth-order valence-corrected chi connectivity index (χ4v) is 9.89. The Balaban J connectivity index is 1.25. The van der Waals surface area contributed by atoms with Gasteiger partial charge in [-0.2, -0.15) is 0 Å². The van der Waals surface area contributed by atoms with Gasteiger partial charge in [-0.25, -0.2) is 0 Å². The minimum atomic E-state index is -0.953. The van der Waals surface area contributed by atoms with Crippen LogP contribution in [0.5, 0.6) is 0 Å². The number of nitrogens with one attached hydrogen (secondary N) is 2. The summed E-state index contributed by atoms with van der Waals surface area (Å²) in [6.45, 7) is 10.1. The lowest BCUT2D eigenvalue weighted by molar-refractivity contribution is -0.118.